The first-order valence-corrected chi connectivity index (χ1v) is 3.53. The van der Waals surface area contributed by atoms with Crippen LogP contribution in [0.1, 0.15) is 5.56 Å². The minimum absolute atomic E-state index is 0.794. The van der Waals surface area contributed by atoms with Gasteiger partial charge in [-0.1, -0.05) is 30.3 Å². The molecular weight excluding hydrogens is 146 g/mol. The van der Waals surface area contributed by atoms with Crippen molar-refractivity contribution >= 4 is 11.8 Å². The Morgan fingerprint density at radius 2 is 1.90 bits per heavy atom. The molecule has 0 fully saturated rings. The lowest BCUT2D eigenvalue weighted by Gasteiger charge is -2.04. The fraction of sp³-hybridized carbons (Fsp3) is 0.250. The van der Waals surface area contributed by atoms with E-state index in [0.29, 0.717) is 0 Å². The van der Waals surface area contributed by atoms with Gasteiger partial charge in [0.25, 0.3) is 0 Å². The molecule has 1 nitrogen and oxygen atoms in total. The third-order valence-corrected chi connectivity index (χ3v) is 1.36. The van der Waals surface area contributed by atoms with Crippen LogP contribution >= 0.6 is 11.8 Å². The van der Waals surface area contributed by atoms with Crippen LogP contribution in [0.3, 0.4) is 0 Å². The third-order valence-electron chi connectivity index (χ3n) is 1.24. The van der Waals surface area contributed by atoms with E-state index in [9.17, 15) is 0 Å². The first-order chi connectivity index (χ1) is 4.79. The molecule has 0 aliphatic carbocycles. The maximum atomic E-state index is 5.65. The summed E-state index contributed by atoms with van der Waals surface area (Å²) in [5, 5.41) is 0. The number of hydrogen-bond acceptors (Lipinski definition) is 1. The average molecular weight is 156 g/mol. The molecule has 0 radical (unpaired) electrons. The molecule has 0 bridgehead atoms. The molecule has 0 aliphatic heterocycles. The number of rotatable bonds is 2. The van der Waals surface area contributed by atoms with Crippen molar-refractivity contribution in [2.24, 2.45) is 0 Å². The van der Waals surface area contributed by atoms with Gasteiger partial charge in [-0.05, 0) is 17.3 Å². The number of hydrogen-bond donors (Lipinski definition) is 0. The van der Waals surface area contributed by atoms with Gasteiger partial charge in [-0.25, -0.2) is 4.42 Å². The summed E-state index contributed by atoms with van der Waals surface area (Å²) in [7, 11) is 1.84. The number of benzene rings is 1. The van der Waals surface area contributed by atoms with E-state index in [4.69, 9.17) is 11.8 Å². The largest absolute Gasteiger partial charge is 0.219 e. The van der Waals surface area contributed by atoms with Crippen molar-refractivity contribution in [3.63, 3.8) is 0 Å². The monoisotopic (exact) mass is 155 g/mol. The Morgan fingerprint density at radius 1 is 1.30 bits per heavy atom. The molecule has 0 heterocycles. The van der Waals surface area contributed by atoms with Gasteiger partial charge in [-0.2, -0.15) is 0 Å². The minimum atomic E-state index is 0.794. The van der Waals surface area contributed by atoms with Crippen LogP contribution in [0, 0.1) is 0 Å². The van der Waals surface area contributed by atoms with Gasteiger partial charge in [0.15, 0.2) is 0 Å². The molecule has 0 saturated heterocycles. The summed E-state index contributed by atoms with van der Waals surface area (Å²) in [6.45, 7) is 0.794. The van der Waals surface area contributed by atoms with E-state index in [1.54, 1.807) is 4.42 Å². The molecule has 0 N–H and O–H groups in total. The van der Waals surface area contributed by atoms with Gasteiger partial charge in [0.2, 0.25) is 0 Å². The Bertz CT molecular complexity index is 184. The van der Waals surface area contributed by atoms with Crippen LogP contribution in [0.4, 0.5) is 0 Å². The Hall–Kier alpha value is -0.530. The van der Waals surface area contributed by atoms with Crippen molar-refractivity contribution < 1.29 is 0 Å². The molecule has 1 aromatic carbocycles. The van der Waals surface area contributed by atoms with Gasteiger partial charge in [-0.3, -0.25) is 0 Å². The number of halogens is 1. The molecule has 2 heteroatoms. The van der Waals surface area contributed by atoms with E-state index in [1.807, 2.05) is 25.2 Å². The van der Waals surface area contributed by atoms with Crippen LogP contribution in [0.5, 0.6) is 0 Å². The Labute approximate surface area is 66.3 Å². The predicted octanol–water partition coefficient (Wildman–Crippen LogP) is 2.27. The van der Waals surface area contributed by atoms with E-state index >= 15 is 0 Å². The fourth-order valence-corrected chi connectivity index (χ4v) is 0.973. The van der Waals surface area contributed by atoms with E-state index in [1.165, 1.54) is 5.56 Å². The Kier molecular flexibility index (Phi) is 2.72. The van der Waals surface area contributed by atoms with Crippen molar-refractivity contribution in [1.29, 1.82) is 0 Å². The van der Waals surface area contributed by atoms with Gasteiger partial charge in [0.05, 0.1) is 0 Å². The van der Waals surface area contributed by atoms with Gasteiger partial charge >= 0.3 is 0 Å². The highest BCUT2D eigenvalue weighted by molar-refractivity contribution is 6.13. The quantitative estimate of drug-likeness (QED) is 0.593. The van der Waals surface area contributed by atoms with Crippen LogP contribution in [0.25, 0.3) is 0 Å². The molecule has 10 heavy (non-hydrogen) atoms. The summed E-state index contributed by atoms with van der Waals surface area (Å²) in [6, 6.07) is 10.1. The van der Waals surface area contributed by atoms with Crippen LogP contribution in [0.2, 0.25) is 0 Å². The van der Waals surface area contributed by atoms with E-state index < -0.39 is 0 Å². The molecule has 0 aliphatic rings. The summed E-state index contributed by atoms with van der Waals surface area (Å²) in [5.41, 5.74) is 1.24. The van der Waals surface area contributed by atoms with Crippen molar-refractivity contribution in [3.05, 3.63) is 35.9 Å². The first-order valence-electron chi connectivity index (χ1n) is 3.20. The molecule has 0 atom stereocenters. The fourth-order valence-electron chi connectivity index (χ4n) is 0.835. The molecule has 1 rings (SSSR count). The summed E-state index contributed by atoms with van der Waals surface area (Å²) in [4.78, 5) is 0. The Balaban J connectivity index is 2.59. The predicted molar refractivity (Wildman–Crippen MR) is 43.8 cm³/mol. The van der Waals surface area contributed by atoms with E-state index in [0.717, 1.165) is 6.54 Å². The molecule has 0 aromatic heterocycles. The second-order valence-electron chi connectivity index (χ2n) is 2.25. The zero-order chi connectivity index (χ0) is 7.40. The van der Waals surface area contributed by atoms with Gasteiger partial charge in [0, 0.05) is 13.6 Å². The summed E-state index contributed by atoms with van der Waals surface area (Å²) in [5.74, 6) is 0. The minimum Gasteiger partial charge on any atom is -0.219 e. The van der Waals surface area contributed by atoms with E-state index in [2.05, 4.69) is 12.1 Å². The summed E-state index contributed by atoms with van der Waals surface area (Å²) < 4.78 is 1.63. The molecule has 1 aromatic rings. The summed E-state index contributed by atoms with van der Waals surface area (Å²) >= 11 is 5.65. The van der Waals surface area contributed by atoms with Crippen molar-refractivity contribution in [3.8, 4) is 0 Å². The average Bonchev–Trinajstić information content (AvgIpc) is 1.88. The standard InChI is InChI=1S/C8H10ClN/c1-10(9)7-8-5-3-2-4-6-8/h2-6H,7H2,1H3. The highest BCUT2D eigenvalue weighted by Gasteiger charge is 1.92. The topological polar surface area (TPSA) is 3.24 Å². The van der Waals surface area contributed by atoms with Gasteiger partial charge in [0.1, 0.15) is 0 Å². The van der Waals surface area contributed by atoms with Gasteiger partial charge < -0.3 is 0 Å². The second kappa shape index (κ2) is 3.59. The first kappa shape index (κ1) is 7.58. The van der Waals surface area contributed by atoms with E-state index in [-0.39, 0.29) is 0 Å². The maximum Gasteiger partial charge on any atom is 0.0386 e. The van der Waals surface area contributed by atoms with Gasteiger partial charge in [-0.15, -0.1) is 0 Å². The SMILES string of the molecule is CN(Cl)Cc1ccccc1. The summed E-state index contributed by atoms with van der Waals surface area (Å²) in [6.07, 6.45) is 0. The second-order valence-corrected chi connectivity index (χ2v) is 2.83. The van der Waals surface area contributed by atoms with Crippen LogP contribution in [-0.4, -0.2) is 11.5 Å². The van der Waals surface area contributed by atoms with Crippen molar-refractivity contribution in [2.75, 3.05) is 7.05 Å². The zero-order valence-corrected chi connectivity index (χ0v) is 6.67. The third kappa shape index (κ3) is 2.38. The zero-order valence-electron chi connectivity index (χ0n) is 5.92. The Morgan fingerprint density at radius 3 is 2.40 bits per heavy atom. The smallest absolute Gasteiger partial charge is 0.0386 e. The maximum absolute atomic E-state index is 5.65. The van der Waals surface area contributed by atoms with Crippen LogP contribution < -0.4 is 0 Å². The molecule has 0 saturated carbocycles. The highest BCUT2D eigenvalue weighted by Crippen LogP contribution is 2.02. The number of nitrogens with zero attached hydrogens (tertiary/aromatic N) is 1. The molecular formula is C8H10ClN. The highest BCUT2D eigenvalue weighted by atomic mass is 35.5. The van der Waals surface area contributed by atoms with Crippen LogP contribution in [-0.2, 0) is 6.54 Å². The lowest BCUT2D eigenvalue weighted by Crippen LogP contribution is -2.03. The lowest BCUT2D eigenvalue weighted by molar-refractivity contribution is 0.546. The van der Waals surface area contributed by atoms with Crippen LogP contribution in [0.15, 0.2) is 30.3 Å². The molecule has 0 unspecified atom stereocenters. The van der Waals surface area contributed by atoms with Crippen molar-refractivity contribution in [1.82, 2.24) is 4.42 Å². The lowest BCUT2D eigenvalue weighted by atomic mass is 10.2. The molecule has 54 valence electrons. The molecule has 0 spiro atoms. The van der Waals surface area contributed by atoms with Crippen molar-refractivity contribution in [2.45, 2.75) is 6.54 Å². The normalized spacial score (nSPS) is 10.3. The molecule has 0 amide bonds.